The Bertz CT molecular complexity index is 399. The fraction of sp³-hybridized carbons (Fsp3) is 0.571. The lowest BCUT2D eigenvalue weighted by Crippen LogP contribution is -2.23. The van der Waals surface area contributed by atoms with Gasteiger partial charge in [0.2, 0.25) is 0 Å². The van der Waals surface area contributed by atoms with Gasteiger partial charge in [0.15, 0.2) is 0 Å². The number of benzene rings is 1. The second-order valence-corrected chi connectivity index (χ2v) is 5.08. The van der Waals surface area contributed by atoms with Gasteiger partial charge in [-0.15, -0.1) is 0 Å². The Labute approximate surface area is 102 Å². The van der Waals surface area contributed by atoms with Gasteiger partial charge in [-0.1, -0.05) is 19.3 Å². The van der Waals surface area contributed by atoms with Gasteiger partial charge in [-0.2, -0.15) is 0 Å². The standard InChI is InChI=1S/C14H20FNO/c1-9-7-11(15)8-12(14(9)17)13(16)10-5-3-2-4-6-10/h7-8,10,13,17H,2-6,16H2,1H3/t13-/m1/s1. The summed E-state index contributed by atoms with van der Waals surface area (Å²) >= 11 is 0. The van der Waals surface area contributed by atoms with Crippen molar-refractivity contribution in [2.24, 2.45) is 11.7 Å². The molecule has 1 aliphatic rings. The first-order valence-electron chi connectivity index (χ1n) is 6.34. The predicted octanol–water partition coefficient (Wildman–Crippen LogP) is 3.42. The zero-order chi connectivity index (χ0) is 12.4. The average molecular weight is 237 g/mol. The van der Waals surface area contributed by atoms with E-state index in [2.05, 4.69) is 0 Å². The molecule has 0 heterocycles. The molecule has 0 aromatic heterocycles. The Balaban J connectivity index is 2.26. The predicted molar refractivity (Wildman–Crippen MR) is 66.3 cm³/mol. The Morgan fingerprint density at radius 3 is 2.59 bits per heavy atom. The van der Waals surface area contributed by atoms with E-state index >= 15 is 0 Å². The Kier molecular flexibility index (Phi) is 3.67. The van der Waals surface area contributed by atoms with Crippen LogP contribution in [0.25, 0.3) is 0 Å². The van der Waals surface area contributed by atoms with E-state index in [9.17, 15) is 9.50 Å². The molecule has 0 spiro atoms. The van der Waals surface area contributed by atoms with Crippen molar-refractivity contribution in [1.29, 1.82) is 0 Å². The molecule has 1 aliphatic carbocycles. The second-order valence-electron chi connectivity index (χ2n) is 5.08. The van der Waals surface area contributed by atoms with Crippen LogP contribution in [0, 0.1) is 18.7 Å². The molecule has 17 heavy (non-hydrogen) atoms. The molecule has 94 valence electrons. The van der Waals surface area contributed by atoms with Crippen molar-refractivity contribution in [3.05, 3.63) is 29.1 Å². The summed E-state index contributed by atoms with van der Waals surface area (Å²) in [6, 6.07) is 2.47. The van der Waals surface area contributed by atoms with Crippen LogP contribution < -0.4 is 5.73 Å². The van der Waals surface area contributed by atoms with Crippen molar-refractivity contribution in [2.45, 2.75) is 45.1 Å². The van der Waals surface area contributed by atoms with Crippen LogP contribution in [-0.4, -0.2) is 5.11 Å². The summed E-state index contributed by atoms with van der Waals surface area (Å²) < 4.78 is 13.4. The summed E-state index contributed by atoms with van der Waals surface area (Å²) in [5, 5.41) is 9.98. The molecule has 0 bridgehead atoms. The highest BCUT2D eigenvalue weighted by molar-refractivity contribution is 5.42. The molecule has 1 fully saturated rings. The van der Waals surface area contributed by atoms with Gasteiger partial charge >= 0.3 is 0 Å². The molecule has 1 saturated carbocycles. The van der Waals surface area contributed by atoms with Gasteiger partial charge in [0.05, 0.1) is 0 Å². The molecule has 3 heteroatoms. The number of aromatic hydroxyl groups is 1. The van der Waals surface area contributed by atoms with Gasteiger partial charge in [-0.25, -0.2) is 4.39 Å². The zero-order valence-electron chi connectivity index (χ0n) is 10.2. The third-order valence-corrected chi connectivity index (χ3v) is 3.81. The van der Waals surface area contributed by atoms with Crippen LogP contribution >= 0.6 is 0 Å². The first-order chi connectivity index (χ1) is 8.09. The van der Waals surface area contributed by atoms with Gasteiger partial charge in [-0.3, -0.25) is 0 Å². The van der Waals surface area contributed by atoms with E-state index in [1.807, 2.05) is 0 Å². The number of rotatable bonds is 2. The summed E-state index contributed by atoms with van der Waals surface area (Å²) in [6.07, 6.45) is 5.80. The van der Waals surface area contributed by atoms with Crippen molar-refractivity contribution in [3.63, 3.8) is 0 Å². The highest BCUT2D eigenvalue weighted by Gasteiger charge is 2.24. The molecular formula is C14H20FNO. The first-order valence-corrected chi connectivity index (χ1v) is 6.34. The normalized spacial score (nSPS) is 19.2. The lowest BCUT2D eigenvalue weighted by atomic mass is 9.81. The quantitative estimate of drug-likeness (QED) is 0.827. The number of aryl methyl sites for hydroxylation is 1. The SMILES string of the molecule is Cc1cc(F)cc([C@H](N)C2CCCCC2)c1O. The van der Waals surface area contributed by atoms with Crippen LogP contribution in [0.4, 0.5) is 4.39 Å². The van der Waals surface area contributed by atoms with E-state index < -0.39 is 0 Å². The third kappa shape index (κ3) is 2.60. The molecule has 1 atom stereocenters. The smallest absolute Gasteiger partial charge is 0.124 e. The minimum atomic E-state index is -0.318. The maximum Gasteiger partial charge on any atom is 0.124 e. The largest absolute Gasteiger partial charge is 0.507 e. The molecule has 0 saturated heterocycles. The molecule has 1 aromatic carbocycles. The highest BCUT2D eigenvalue weighted by Crippen LogP contribution is 2.37. The summed E-state index contributed by atoms with van der Waals surface area (Å²) in [7, 11) is 0. The first kappa shape index (κ1) is 12.4. The van der Waals surface area contributed by atoms with Crippen LogP contribution in [-0.2, 0) is 0 Å². The fourth-order valence-corrected chi connectivity index (χ4v) is 2.76. The molecule has 3 N–H and O–H groups in total. The van der Waals surface area contributed by atoms with Crippen LogP contribution in [0.1, 0.15) is 49.3 Å². The molecule has 0 amide bonds. The van der Waals surface area contributed by atoms with Crippen LogP contribution in [0.3, 0.4) is 0 Å². The van der Waals surface area contributed by atoms with Gasteiger partial charge < -0.3 is 10.8 Å². The Hall–Kier alpha value is -1.09. The number of halogens is 1. The number of phenolic OH excluding ortho intramolecular Hbond substituents is 1. The average Bonchev–Trinajstić information content (AvgIpc) is 2.34. The Morgan fingerprint density at radius 2 is 1.94 bits per heavy atom. The van der Waals surface area contributed by atoms with Crippen LogP contribution in [0.5, 0.6) is 5.75 Å². The maximum absolute atomic E-state index is 13.4. The minimum absolute atomic E-state index is 0.157. The van der Waals surface area contributed by atoms with Gasteiger partial charge in [0, 0.05) is 11.6 Å². The number of hydrogen-bond donors (Lipinski definition) is 2. The molecular weight excluding hydrogens is 217 g/mol. The summed E-state index contributed by atoms with van der Waals surface area (Å²) in [4.78, 5) is 0. The van der Waals surface area contributed by atoms with Crippen molar-refractivity contribution in [1.82, 2.24) is 0 Å². The summed E-state index contributed by atoms with van der Waals surface area (Å²) in [5.74, 6) is 0.210. The second kappa shape index (κ2) is 5.05. The van der Waals surface area contributed by atoms with E-state index in [-0.39, 0.29) is 17.6 Å². The zero-order valence-corrected chi connectivity index (χ0v) is 10.2. The van der Waals surface area contributed by atoms with Crippen molar-refractivity contribution >= 4 is 0 Å². The monoisotopic (exact) mass is 237 g/mol. The lowest BCUT2D eigenvalue weighted by Gasteiger charge is -2.28. The van der Waals surface area contributed by atoms with Crippen LogP contribution in [0.2, 0.25) is 0 Å². The van der Waals surface area contributed by atoms with E-state index in [4.69, 9.17) is 5.73 Å². The molecule has 2 nitrogen and oxygen atoms in total. The topological polar surface area (TPSA) is 46.2 Å². The number of hydrogen-bond acceptors (Lipinski definition) is 2. The number of nitrogens with two attached hydrogens (primary N) is 1. The summed E-state index contributed by atoms with van der Waals surface area (Å²) in [5.41, 5.74) is 7.31. The van der Waals surface area contributed by atoms with Gasteiger partial charge in [0.1, 0.15) is 11.6 Å². The third-order valence-electron chi connectivity index (χ3n) is 3.81. The summed E-state index contributed by atoms with van der Waals surface area (Å²) in [6.45, 7) is 1.70. The molecule has 2 rings (SSSR count). The maximum atomic E-state index is 13.4. The molecule has 1 aromatic rings. The molecule has 0 radical (unpaired) electrons. The van der Waals surface area contributed by atoms with E-state index in [0.717, 1.165) is 12.8 Å². The number of phenols is 1. The van der Waals surface area contributed by atoms with Gasteiger partial charge in [-0.05, 0) is 43.4 Å². The van der Waals surface area contributed by atoms with Crippen molar-refractivity contribution < 1.29 is 9.50 Å². The highest BCUT2D eigenvalue weighted by atomic mass is 19.1. The molecule has 0 aliphatic heterocycles. The van der Waals surface area contributed by atoms with Crippen molar-refractivity contribution in [3.8, 4) is 5.75 Å². The molecule has 0 unspecified atom stereocenters. The Morgan fingerprint density at radius 1 is 1.29 bits per heavy atom. The minimum Gasteiger partial charge on any atom is -0.507 e. The van der Waals surface area contributed by atoms with Crippen molar-refractivity contribution in [2.75, 3.05) is 0 Å². The lowest BCUT2D eigenvalue weighted by molar-refractivity contribution is 0.302. The fourth-order valence-electron chi connectivity index (χ4n) is 2.76. The van der Waals surface area contributed by atoms with E-state index in [1.54, 1.807) is 6.92 Å². The van der Waals surface area contributed by atoms with Crippen LogP contribution in [0.15, 0.2) is 12.1 Å². The van der Waals surface area contributed by atoms with Gasteiger partial charge in [0.25, 0.3) is 0 Å². The van der Waals surface area contributed by atoms with E-state index in [1.165, 1.54) is 31.4 Å². The van der Waals surface area contributed by atoms with E-state index in [0.29, 0.717) is 17.0 Å².